The zero-order valence-corrected chi connectivity index (χ0v) is 12.3. The third kappa shape index (κ3) is 3.09. The molecule has 3 rings (SSSR count). The van der Waals surface area contributed by atoms with Crippen molar-refractivity contribution in [2.75, 3.05) is 7.11 Å². The van der Waals surface area contributed by atoms with Gasteiger partial charge in [0, 0.05) is 5.39 Å². The fourth-order valence-corrected chi connectivity index (χ4v) is 2.39. The van der Waals surface area contributed by atoms with E-state index in [2.05, 4.69) is 0 Å². The normalized spacial score (nSPS) is 10.4. The molecule has 0 aromatic heterocycles. The summed E-state index contributed by atoms with van der Waals surface area (Å²) in [6.45, 7) is 0. The second kappa shape index (κ2) is 6.31. The minimum atomic E-state index is -0.287. The second-order valence-corrected chi connectivity index (χ2v) is 4.98. The maximum atomic E-state index is 12.2. The number of carbonyl (C=O) groups excluding carboxylic acids is 1. The van der Waals surface area contributed by atoms with E-state index in [0.717, 1.165) is 22.1 Å². The van der Waals surface area contributed by atoms with Crippen LogP contribution >= 0.6 is 0 Å². The number of benzene rings is 3. The molecule has 0 fully saturated rings. The molecule has 0 heterocycles. The highest BCUT2D eigenvalue weighted by Gasteiger charge is 2.09. The van der Waals surface area contributed by atoms with Gasteiger partial charge in [0.1, 0.15) is 11.5 Å². The van der Waals surface area contributed by atoms with E-state index in [0.29, 0.717) is 5.75 Å². The Morgan fingerprint density at radius 1 is 0.955 bits per heavy atom. The van der Waals surface area contributed by atoms with Crippen molar-refractivity contribution in [3.8, 4) is 11.5 Å². The minimum Gasteiger partial charge on any atom is -0.497 e. The van der Waals surface area contributed by atoms with E-state index in [4.69, 9.17) is 9.47 Å². The molecule has 3 aromatic rings. The van der Waals surface area contributed by atoms with Crippen LogP contribution in [0.4, 0.5) is 0 Å². The predicted octanol–water partition coefficient (Wildman–Crippen LogP) is 4.00. The average Bonchev–Trinajstić information content (AvgIpc) is 2.55. The van der Waals surface area contributed by atoms with Gasteiger partial charge in [0.25, 0.3) is 0 Å². The van der Waals surface area contributed by atoms with Gasteiger partial charge in [-0.1, -0.05) is 48.5 Å². The lowest BCUT2D eigenvalue weighted by molar-refractivity contribution is -0.133. The summed E-state index contributed by atoms with van der Waals surface area (Å²) in [6.07, 6.45) is 0.209. The molecular formula is C19H16O3. The second-order valence-electron chi connectivity index (χ2n) is 4.98. The van der Waals surface area contributed by atoms with Crippen LogP contribution in [0.2, 0.25) is 0 Å². The molecule has 3 aromatic carbocycles. The molecule has 0 amide bonds. The first-order chi connectivity index (χ1) is 10.8. The maximum absolute atomic E-state index is 12.2. The predicted molar refractivity (Wildman–Crippen MR) is 86.3 cm³/mol. The minimum absolute atomic E-state index is 0.209. The summed E-state index contributed by atoms with van der Waals surface area (Å²) in [4.78, 5) is 12.2. The van der Waals surface area contributed by atoms with E-state index < -0.39 is 0 Å². The van der Waals surface area contributed by atoms with Crippen LogP contribution in [0.15, 0.2) is 66.7 Å². The summed E-state index contributed by atoms with van der Waals surface area (Å²) in [5, 5.41) is 1.98. The SMILES string of the molecule is COc1cccc(CC(=O)Oc2cccc3ccccc23)c1. The number of hydrogen-bond acceptors (Lipinski definition) is 3. The number of carbonyl (C=O) groups is 1. The van der Waals surface area contributed by atoms with E-state index in [1.54, 1.807) is 7.11 Å². The van der Waals surface area contributed by atoms with Crippen LogP contribution in [0.3, 0.4) is 0 Å². The first kappa shape index (κ1) is 14.1. The highest BCUT2D eigenvalue weighted by molar-refractivity contribution is 5.90. The number of methoxy groups -OCH3 is 1. The molecule has 0 radical (unpaired) electrons. The van der Waals surface area contributed by atoms with Crippen LogP contribution in [-0.4, -0.2) is 13.1 Å². The lowest BCUT2D eigenvalue weighted by Crippen LogP contribution is -2.11. The van der Waals surface area contributed by atoms with Gasteiger partial charge in [0.2, 0.25) is 0 Å². The number of rotatable bonds is 4. The number of ether oxygens (including phenoxy) is 2. The van der Waals surface area contributed by atoms with Crippen LogP contribution < -0.4 is 9.47 Å². The van der Waals surface area contributed by atoms with Gasteiger partial charge >= 0.3 is 5.97 Å². The summed E-state index contributed by atoms with van der Waals surface area (Å²) in [5.74, 6) is 1.03. The van der Waals surface area contributed by atoms with Crippen molar-refractivity contribution in [2.45, 2.75) is 6.42 Å². The third-order valence-electron chi connectivity index (χ3n) is 3.46. The highest BCUT2D eigenvalue weighted by Crippen LogP contribution is 2.25. The van der Waals surface area contributed by atoms with Crippen LogP contribution in [0.5, 0.6) is 11.5 Å². The Hall–Kier alpha value is -2.81. The van der Waals surface area contributed by atoms with Gasteiger partial charge in [0.05, 0.1) is 13.5 Å². The molecule has 0 spiro atoms. The molecule has 0 unspecified atom stereocenters. The number of fused-ring (bicyclic) bond motifs is 1. The van der Waals surface area contributed by atoms with Gasteiger partial charge < -0.3 is 9.47 Å². The van der Waals surface area contributed by atoms with E-state index in [-0.39, 0.29) is 12.4 Å². The van der Waals surface area contributed by atoms with Gasteiger partial charge in [-0.05, 0) is 29.1 Å². The molecule has 3 nitrogen and oxygen atoms in total. The molecule has 0 atom stereocenters. The van der Waals surface area contributed by atoms with Crippen molar-refractivity contribution in [3.05, 3.63) is 72.3 Å². The molecular weight excluding hydrogens is 276 g/mol. The van der Waals surface area contributed by atoms with Crippen molar-refractivity contribution in [1.29, 1.82) is 0 Å². The molecule has 110 valence electrons. The van der Waals surface area contributed by atoms with Gasteiger partial charge in [-0.15, -0.1) is 0 Å². The Morgan fingerprint density at radius 3 is 2.59 bits per heavy atom. The number of esters is 1. The van der Waals surface area contributed by atoms with Gasteiger partial charge in [-0.3, -0.25) is 4.79 Å². The molecule has 3 heteroatoms. The summed E-state index contributed by atoms with van der Waals surface area (Å²) >= 11 is 0. The van der Waals surface area contributed by atoms with E-state index >= 15 is 0 Å². The quantitative estimate of drug-likeness (QED) is 0.538. The van der Waals surface area contributed by atoms with Gasteiger partial charge in [-0.25, -0.2) is 0 Å². The maximum Gasteiger partial charge on any atom is 0.315 e. The summed E-state index contributed by atoms with van der Waals surface area (Å²) in [6, 6.07) is 21.0. The Morgan fingerprint density at radius 2 is 1.73 bits per heavy atom. The van der Waals surface area contributed by atoms with E-state index in [1.165, 1.54) is 0 Å². The Labute approximate surface area is 129 Å². The summed E-state index contributed by atoms with van der Waals surface area (Å²) in [7, 11) is 1.60. The fourth-order valence-electron chi connectivity index (χ4n) is 2.39. The smallest absolute Gasteiger partial charge is 0.315 e. The van der Waals surface area contributed by atoms with E-state index in [9.17, 15) is 4.79 Å². The lowest BCUT2D eigenvalue weighted by atomic mass is 10.1. The largest absolute Gasteiger partial charge is 0.497 e. The van der Waals surface area contributed by atoms with Crippen molar-refractivity contribution < 1.29 is 14.3 Å². The molecule has 0 aliphatic heterocycles. The first-order valence-corrected chi connectivity index (χ1v) is 7.07. The highest BCUT2D eigenvalue weighted by atomic mass is 16.5. The molecule has 0 saturated heterocycles. The Kier molecular flexibility index (Phi) is 4.05. The van der Waals surface area contributed by atoms with Crippen LogP contribution in [0, 0.1) is 0 Å². The average molecular weight is 292 g/mol. The summed E-state index contributed by atoms with van der Waals surface area (Å²) < 4.78 is 10.7. The van der Waals surface area contributed by atoms with Crippen LogP contribution in [0.1, 0.15) is 5.56 Å². The van der Waals surface area contributed by atoms with Gasteiger partial charge in [-0.2, -0.15) is 0 Å². The first-order valence-electron chi connectivity index (χ1n) is 7.07. The zero-order chi connectivity index (χ0) is 15.4. The van der Waals surface area contributed by atoms with Crippen LogP contribution in [-0.2, 0) is 11.2 Å². The van der Waals surface area contributed by atoms with Crippen LogP contribution in [0.25, 0.3) is 10.8 Å². The molecule has 22 heavy (non-hydrogen) atoms. The van der Waals surface area contributed by atoms with Crippen molar-refractivity contribution in [3.63, 3.8) is 0 Å². The molecule has 0 aliphatic carbocycles. The van der Waals surface area contributed by atoms with Crippen molar-refractivity contribution >= 4 is 16.7 Å². The third-order valence-corrected chi connectivity index (χ3v) is 3.46. The molecule has 0 aliphatic rings. The Balaban J connectivity index is 1.78. The van der Waals surface area contributed by atoms with E-state index in [1.807, 2.05) is 66.7 Å². The molecule has 0 N–H and O–H groups in total. The fraction of sp³-hybridized carbons (Fsp3) is 0.105. The Bertz CT molecular complexity index is 803. The monoisotopic (exact) mass is 292 g/mol. The van der Waals surface area contributed by atoms with Gasteiger partial charge in [0.15, 0.2) is 0 Å². The van der Waals surface area contributed by atoms with Crippen molar-refractivity contribution in [2.24, 2.45) is 0 Å². The zero-order valence-electron chi connectivity index (χ0n) is 12.3. The molecule has 0 bridgehead atoms. The molecule has 0 saturated carbocycles. The number of hydrogen-bond donors (Lipinski definition) is 0. The standard InChI is InChI=1S/C19H16O3/c1-21-16-9-4-6-14(12-16)13-19(20)22-18-11-5-8-15-7-2-3-10-17(15)18/h2-12H,13H2,1H3. The summed E-state index contributed by atoms with van der Waals surface area (Å²) in [5.41, 5.74) is 0.865. The lowest BCUT2D eigenvalue weighted by Gasteiger charge is -2.08. The topological polar surface area (TPSA) is 35.5 Å². The van der Waals surface area contributed by atoms with Crippen molar-refractivity contribution in [1.82, 2.24) is 0 Å².